The fourth-order valence-electron chi connectivity index (χ4n) is 5.94. The van der Waals surface area contributed by atoms with Crippen LogP contribution in [0.4, 0.5) is 0 Å². The number of aromatic hydroxyl groups is 2. The summed E-state index contributed by atoms with van der Waals surface area (Å²) in [6, 6.07) is 7.68. The number of benzene rings is 2. The summed E-state index contributed by atoms with van der Waals surface area (Å²) >= 11 is 0. The molecule has 3 N–H and O–H groups in total. The zero-order valence-electron chi connectivity index (χ0n) is 32.3. The molecular formula is C43H69NO5. The summed E-state index contributed by atoms with van der Waals surface area (Å²) in [5.41, 5.74) is 3.25. The third-order valence-corrected chi connectivity index (χ3v) is 9.00. The van der Waals surface area contributed by atoms with Crippen molar-refractivity contribution in [2.45, 2.75) is 163 Å². The van der Waals surface area contributed by atoms with Crippen LogP contribution in [-0.4, -0.2) is 35.9 Å². The molecule has 0 saturated carbocycles. The van der Waals surface area contributed by atoms with Crippen LogP contribution in [0.3, 0.4) is 0 Å². The lowest BCUT2D eigenvalue weighted by Gasteiger charge is -2.28. The van der Waals surface area contributed by atoms with Crippen molar-refractivity contribution < 1.29 is 24.5 Å². The van der Waals surface area contributed by atoms with Gasteiger partial charge in [0, 0.05) is 12.6 Å². The topological polar surface area (TPSA) is 88.0 Å². The van der Waals surface area contributed by atoms with Crippen LogP contribution in [0.25, 0.3) is 6.08 Å². The van der Waals surface area contributed by atoms with E-state index in [4.69, 9.17) is 9.47 Å². The lowest BCUT2D eigenvalue weighted by molar-refractivity contribution is -0.116. The molecule has 0 fully saturated rings. The monoisotopic (exact) mass is 680 g/mol. The minimum absolute atomic E-state index is 0.0191. The van der Waals surface area contributed by atoms with Crippen LogP contribution in [0.5, 0.6) is 23.0 Å². The first-order chi connectivity index (χ1) is 23.3. The number of carbonyl (C=O) groups excluding carboxylic acids is 1. The molecule has 0 radical (unpaired) electrons. The molecule has 0 saturated heterocycles. The molecule has 0 spiro atoms. The van der Waals surface area contributed by atoms with Gasteiger partial charge >= 0.3 is 0 Å². The summed E-state index contributed by atoms with van der Waals surface area (Å²) in [6.07, 6.45) is 20.5. The number of hydrogen-bond acceptors (Lipinski definition) is 5. The van der Waals surface area contributed by atoms with E-state index in [0.717, 1.165) is 47.9 Å². The van der Waals surface area contributed by atoms with Gasteiger partial charge in [-0.25, -0.2) is 0 Å². The lowest BCUT2D eigenvalue weighted by atomic mass is 9.78. The summed E-state index contributed by atoms with van der Waals surface area (Å²) in [5, 5.41) is 25.0. The molecule has 0 aromatic heterocycles. The van der Waals surface area contributed by atoms with Gasteiger partial charge in [-0.2, -0.15) is 0 Å². The molecule has 0 unspecified atom stereocenters. The van der Waals surface area contributed by atoms with E-state index in [0.29, 0.717) is 43.4 Å². The third kappa shape index (κ3) is 16.0. The van der Waals surface area contributed by atoms with Gasteiger partial charge in [-0.1, -0.05) is 145 Å². The zero-order valence-corrected chi connectivity index (χ0v) is 32.3. The van der Waals surface area contributed by atoms with Gasteiger partial charge in [-0.05, 0) is 70.6 Å². The smallest absolute Gasteiger partial charge is 0.244 e. The molecule has 1 amide bonds. The molecule has 0 aliphatic heterocycles. The standard InChI is InChI=1S/C43H69NO5/c1-9-11-13-15-17-19-21-27-48-37-31-33(32-38(41(37)47)49-28-22-20-18-16-14-12-10-2)23-24-39(45)44-26-25-34-29-35(42(3,4)5)40(46)36(30-34)43(6,7)8/h23-24,29-32,46-47H,9-22,25-28H2,1-8H3,(H,44,45)/b24-23+. The Bertz CT molecular complexity index is 1210. The van der Waals surface area contributed by atoms with Crippen LogP contribution >= 0.6 is 0 Å². The fourth-order valence-corrected chi connectivity index (χ4v) is 5.94. The second-order valence-corrected chi connectivity index (χ2v) is 15.7. The average Bonchev–Trinajstić information content (AvgIpc) is 3.03. The van der Waals surface area contributed by atoms with Crippen molar-refractivity contribution in [1.82, 2.24) is 5.32 Å². The number of carbonyl (C=O) groups is 1. The van der Waals surface area contributed by atoms with E-state index in [2.05, 4.69) is 72.8 Å². The Hall–Kier alpha value is -3.15. The van der Waals surface area contributed by atoms with E-state index < -0.39 is 0 Å². The van der Waals surface area contributed by atoms with E-state index in [1.807, 2.05) is 0 Å². The van der Waals surface area contributed by atoms with Gasteiger partial charge < -0.3 is 25.0 Å². The predicted molar refractivity (Wildman–Crippen MR) is 206 cm³/mol. The van der Waals surface area contributed by atoms with Gasteiger partial charge in [0.05, 0.1) is 13.2 Å². The van der Waals surface area contributed by atoms with E-state index in [1.165, 1.54) is 70.3 Å². The van der Waals surface area contributed by atoms with Crippen molar-refractivity contribution in [2.75, 3.05) is 19.8 Å². The maximum absolute atomic E-state index is 12.9. The maximum Gasteiger partial charge on any atom is 0.244 e. The molecule has 276 valence electrons. The SMILES string of the molecule is CCCCCCCCCOc1cc(/C=C/C(=O)NCCc2cc(C(C)(C)C)c(O)c(C(C)(C)C)c2)cc(OCCCCCCCCC)c1O. The molecular weight excluding hydrogens is 610 g/mol. The molecule has 0 atom stereocenters. The van der Waals surface area contributed by atoms with Crippen molar-refractivity contribution in [3.8, 4) is 23.0 Å². The first-order valence-corrected chi connectivity index (χ1v) is 19.2. The minimum atomic E-state index is -0.205. The lowest BCUT2D eigenvalue weighted by Crippen LogP contribution is -2.24. The van der Waals surface area contributed by atoms with Crippen LogP contribution < -0.4 is 14.8 Å². The van der Waals surface area contributed by atoms with Gasteiger partial charge in [-0.15, -0.1) is 0 Å². The van der Waals surface area contributed by atoms with Crippen LogP contribution in [-0.2, 0) is 22.0 Å². The molecule has 49 heavy (non-hydrogen) atoms. The van der Waals surface area contributed by atoms with Crippen molar-refractivity contribution in [2.24, 2.45) is 0 Å². The quantitative estimate of drug-likeness (QED) is 0.0803. The molecule has 6 nitrogen and oxygen atoms in total. The number of amides is 1. The van der Waals surface area contributed by atoms with Gasteiger partial charge in [0.2, 0.25) is 11.7 Å². The number of phenolic OH excluding ortho intramolecular Hbond substituents is 2. The number of phenols is 2. The van der Waals surface area contributed by atoms with Crippen molar-refractivity contribution in [3.63, 3.8) is 0 Å². The predicted octanol–water partition coefficient (Wildman–Crippen LogP) is 11.3. The summed E-state index contributed by atoms with van der Waals surface area (Å²) in [4.78, 5) is 12.9. The Balaban J connectivity index is 2.06. The third-order valence-electron chi connectivity index (χ3n) is 9.00. The molecule has 0 aliphatic carbocycles. The Labute approximate surface area is 299 Å². The van der Waals surface area contributed by atoms with Crippen molar-refractivity contribution in [3.05, 3.63) is 52.6 Å². The van der Waals surface area contributed by atoms with Crippen LogP contribution in [0.15, 0.2) is 30.3 Å². The Morgan fingerprint density at radius 2 is 1.08 bits per heavy atom. The van der Waals surface area contributed by atoms with Crippen LogP contribution in [0, 0.1) is 0 Å². The largest absolute Gasteiger partial charge is 0.507 e. The number of unbranched alkanes of at least 4 members (excludes halogenated alkanes) is 12. The second kappa shape index (κ2) is 21.8. The highest BCUT2D eigenvalue weighted by molar-refractivity contribution is 5.91. The Kier molecular flexibility index (Phi) is 18.7. The molecule has 2 rings (SSSR count). The van der Waals surface area contributed by atoms with Crippen molar-refractivity contribution in [1.29, 1.82) is 0 Å². The molecule has 2 aromatic rings. The highest BCUT2D eigenvalue weighted by Crippen LogP contribution is 2.40. The molecule has 6 heteroatoms. The average molecular weight is 680 g/mol. The molecule has 0 aliphatic rings. The molecule has 2 aromatic carbocycles. The summed E-state index contributed by atoms with van der Waals surface area (Å²) < 4.78 is 12.1. The highest BCUT2D eigenvalue weighted by atomic mass is 16.5. The highest BCUT2D eigenvalue weighted by Gasteiger charge is 2.26. The molecule has 0 bridgehead atoms. The van der Waals surface area contributed by atoms with E-state index >= 15 is 0 Å². The van der Waals surface area contributed by atoms with Gasteiger partial charge in [-0.3, -0.25) is 4.79 Å². The molecule has 0 heterocycles. The van der Waals surface area contributed by atoms with Gasteiger partial charge in [0.25, 0.3) is 0 Å². The first kappa shape index (κ1) is 42.0. The number of ether oxygens (including phenoxy) is 2. The van der Waals surface area contributed by atoms with Crippen LogP contribution in [0.1, 0.15) is 168 Å². The summed E-state index contributed by atoms with van der Waals surface area (Å²) in [5.74, 6) is 0.960. The van der Waals surface area contributed by atoms with Crippen molar-refractivity contribution >= 4 is 12.0 Å². The zero-order chi connectivity index (χ0) is 36.3. The van der Waals surface area contributed by atoms with Crippen LogP contribution in [0.2, 0.25) is 0 Å². The normalized spacial score (nSPS) is 12.1. The van der Waals surface area contributed by atoms with Gasteiger partial charge in [0.1, 0.15) is 5.75 Å². The summed E-state index contributed by atoms with van der Waals surface area (Å²) in [6.45, 7) is 18.6. The minimum Gasteiger partial charge on any atom is -0.507 e. The Morgan fingerprint density at radius 3 is 1.51 bits per heavy atom. The first-order valence-electron chi connectivity index (χ1n) is 19.2. The van der Waals surface area contributed by atoms with E-state index in [-0.39, 0.29) is 22.5 Å². The fraction of sp³-hybridized carbons (Fsp3) is 0.651. The Morgan fingerprint density at radius 1 is 0.653 bits per heavy atom. The van der Waals surface area contributed by atoms with E-state index in [9.17, 15) is 15.0 Å². The van der Waals surface area contributed by atoms with Gasteiger partial charge in [0.15, 0.2) is 11.5 Å². The number of rotatable bonds is 23. The maximum atomic E-state index is 12.9. The summed E-state index contributed by atoms with van der Waals surface area (Å²) in [7, 11) is 0. The second-order valence-electron chi connectivity index (χ2n) is 15.7. The number of hydrogen-bond donors (Lipinski definition) is 3. The number of nitrogens with one attached hydrogen (secondary N) is 1. The van der Waals surface area contributed by atoms with E-state index in [1.54, 1.807) is 18.2 Å².